The zero-order chi connectivity index (χ0) is 12.0. The molecule has 1 fully saturated rings. The topological polar surface area (TPSA) is 67.8 Å². The molecule has 0 aromatic carbocycles. The predicted octanol–water partition coefficient (Wildman–Crippen LogP) is 0.0691. The highest BCUT2D eigenvalue weighted by atomic mass is 16.5. The lowest BCUT2D eigenvalue weighted by molar-refractivity contribution is -0.127. The zero-order valence-electron chi connectivity index (χ0n) is 9.99. The van der Waals surface area contributed by atoms with Crippen LogP contribution in [0.3, 0.4) is 0 Å². The van der Waals surface area contributed by atoms with Crippen LogP contribution in [0.25, 0.3) is 0 Å². The third-order valence-corrected chi connectivity index (χ3v) is 2.83. The van der Waals surface area contributed by atoms with Gasteiger partial charge in [0.1, 0.15) is 12.2 Å². The Hall–Kier alpha value is -0.650. The molecular weight excluding hydrogens is 210 g/mol. The van der Waals surface area contributed by atoms with E-state index < -0.39 is 5.60 Å². The molecule has 2 unspecified atom stereocenters. The molecule has 1 amide bonds. The Morgan fingerprint density at radius 3 is 3.00 bits per heavy atom. The van der Waals surface area contributed by atoms with Gasteiger partial charge in [-0.05, 0) is 13.3 Å². The van der Waals surface area contributed by atoms with E-state index in [0.29, 0.717) is 19.6 Å². The smallest absolute Gasteiger partial charge is 0.246 e. The van der Waals surface area contributed by atoms with Crippen LogP contribution in [-0.4, -0.2) is 49.1 Å². The Labute approximate surface area is 96.1 Å². The number of aliphatic hydroxyl groups is 1. The van der Waals surface area contributed by atoms with Crippen molar-refractivity contribution >= 4 is 5.91 Å². The second kappa shape index (κ2) is 6.18. The number of hydrogen-bond donors (Lipinski definition) is 2. The molecule has 1 heterocycles. The molecular formula is C11H21NO4. The molecule has 0 aliphatic carbocycles. The average molecular weight is 231 g/mol. The number of carbonyl (C=O) groups excluding carboxylic acids is 1. The molecule has 2 N–H and O–H groups in total. The van der Waals surface area contributed by atoms with Gasteiger partial charge in [0.2, 0.25) is 5.91 Å². The van der Waals surface area contributed by atoms with Crippen molar-refractivity contribution in [2.75, 3.05) is 26.4 Å². The standard InChI is InChI=1S/C11H21NO4/c1-3-5-15-7-10(13)12-8-11(14)4-6-16-9(11)2/h9,14H,3-8H2,1-2H3,(H,12,13). The summed E-state index contributed by atoms with van der Waals surface area (Å²) in [5.74, 6) is -0.194. The highest BCUT2D eigenvalue weighted by Gasteiger charge is 2.39. The minimum absolute atomic E-state index is 0.0547. The quantitative estimate of drug-likeness (QED) is 0.635. The molecule has 1 saturated heterocycles. The molecule has 2 atom stereocenters. The molecule has 0 radical (unpaired) electrons. The van der Waals surface area contributed by atoms with E-state index in [1.54, 1.807) is 0 Å². The van der Waals surface area contributed by atoms with Crippen LogP contribution in [0, 0.1) is 0 Å². The molecule has 1 rings (SSSR count). The van der Waals surface area contributed by atoms with Gasteiger partial charge in [-0.1, -0.05) is 6.92 Å². The third kappa shape index (κ3) is 3.73. The Morgan fingerprint density at radius 1 is 1.69 bits per heavy atom. The van der Waals surface area contributed by atoms with E-state index in [1.165, 1.54) is 0 Å². The Bertz CT molecular complexity index is 234. The van der Waals surface area contributed by atoms with Gasteiger partial charge in [0.15, 0.2) is 0 Å². The van der Waals surface area contributed by atoms with Gasteiger partial charge in [0.25, 0.3) is 0 Å². The maximum Gasteiger partial charge on any atom is 0.246 e. The summed E-state index contributed by atoms with van der Waals surface area (Å²) in [7, 11) is 0. The number of nitrogens with one attached hydrogen (secondary N) is 1. The van der Waals surface area contributed by atoms with Gasteiger partial charge in [0.05, 0.1) is 6.10 Å². The SMILES string of the molecule is CCCOCC(=O)NCC1(O)CCOC1C. The lowest BCUT2D eigenvalue weighted by Crippen LogP contribution is -2.48. The maximum absolute atomic E-state index is 11.3. The average Bonchev–Trinajstić information content (AvgIpc) is 2.58. The first-order valence-corrected chi connectivity index (χ1v) is 5.77. The highest BCUT2D eigenvalue weighted by molar-refractivity contribution is 5.77. The maximum atomic E-state index is 11.3. The summed E-state index contributed by atoms with van der Waals surface area (Å²) in [4.78, 5) is 11.3. The normalized spacial score (nSPS) is 29.3. The van der Waals surface area contributed by atoms with Crippen LogP contribution in [0.1, 0.15) is 26.7 Å². The second-order valence-electron chi connectivity index (χ2n) is 4.20. The fourth-order valence-corrected chi connectivity index (χ4v) is 1.61. The molecule has 1 aliphatic heterocycles. The number of carbonyl (C=O) groups is 1. The van der Waals surface area contributed by atoms with E-state index >= 15 is 0 Å². The number of hydrogen-bond acceptors (Lipinski definition) is 4. The minimum Gasteiger partial charge on any atom is -0.385 e. The molecule has 94 valence electrons. The molecule has 5 heteroatoms. The van der Waals surface area contributed by atoms with Gasteiger partial charge >= 0.3 is 0 Å². The van der Waals surface area contributed by atoms with Crippen LogP contribution in [0.5, 0.6) is 0 Å². The van der Waals surface area contributed by atoms with Crippen molar-refractivity contribution in [1.82, 2.24) is 5.32 Å². The van der Waals surface area contributed by atoms with Crippen molar-refractivity contribution in [2.24, 2.45) is 0 Å². The lowest BCUT2D eigenvalue weighted by atomic mass is 9.97. The Morgan fingerprint density at radius 2 is 2.44 bits per heavy atom. The van der Waals surface area contributed by atoms with E-state index in [9.17, 15) is 9.90 Å². The summed E-state index contributed by atoms with van der Waals surface area (Å²) < 4.78 is 10.4. The summed E-state index contributed by atoms with van der Waals surface area (Å²) >= 11 is 0. The van der Waals surface area contributed by atoms with Crippen molar-refractivity contribution in [1.29, 1.82) is 0 Å². The van der Waals surface area contributed by atoms with Crippen molar-refractivity contribution in [3.05, 3.63) is 0 Å². The molecule has 16 heavy (non-hydrogen) atoms. The van der Waals surface area contributed by atoms with E-state index in [-0.39, 0.29) is 25.2 Å². The fourth-order valence-electron chi connectivity index (χ4n) is 1.61. The molecule has 5 nitrogen and oxygen atoms in total. The fraction of sp³-hybridized carbons (Fsp3) is 0.909. The van der Waals surface area contributed by atoms with Gasteiger partial charge in [-0.15, -0.1) is 0 Å². The summed E-state index contributed by atoms with van der Waals surface area (Å²) in [6.45, 7) is 5.20. The minimum atomic E-state index is -0.930. The first kappa shape index (κ1) is 13.4. The van der Waals surface area contributed by atoms with Crippen LogP contribution >= 0.6 is 0 Å². The summed E-state index contributed by atoms with van der Waals surface area (Å²) in [5.41, 5.74) is -0.930. The molecule has 0 spiro atoms. The first-order valence-electron chi connectivity index (χ1n) is 5.77. The van der Waals surface area contributed by atoms with Gasteiger partial charge in [-0.3, -0.25) is 4.79 Å². The summed E-state index contributed by atoms with van der Waals surface area (Å²) in [6, 6.07) is 0. The van der Waals surface area contributed by atoms with E-state index in [1.807, 2.05) is 13.8 Å². The molecule has 0 saturated carbocycles. The largest absolute Gasteiger partial charge is 0.385 e. The predicted molar refractivity (Wildman–Crippen MR) is 59.1 cm³/mol. The van der Waals surface area contributed by atoms with Crippen molar-refractivity contribution < 1.29 is 19.4 Å². The van der Waals surface area contributed by atoms with E-state index in [2.05, 4.69) is 5.32 Å². The van der Waals surface area contributed by atoms with Crippen LogP contribution in [-0.2, 0) is 14.3 Å². The van der Waals surface area contributed by atoms with Crippen LogP contribution in [0.2, 0.25) is 0 Å². The number of ether oxygens (including phenoxy) is 2. The molecule has 0 bridgehead atoms. The van der Waals surface area contributed by atoms with Gasteiger partial charge in [-0.25, -0.2) is 0 Å². The highest BCUT2D eigenvalue weighted by Crippen LogP contribution is 2.24. The van der Waals surface area contributed by atoms with Gasteiger partial charge < -0.3 is 19.9 Å². The third-order valence-electron chi connectivity index (χ3n) is 2.83. The number of amides is 1. The Balaban J connectivity index is 2.20. The van der Waals surface area contributed by atoms with Gasteiger partial charge in [-0.2, -0.15) is 0 Å². The van der Waals surface area contributed by atoms with Crippen LogP contribution in [0.4, 0.5) is 0 Å². The molecule has 1 aliphatic rings. The lowest BCUT2D eigenvalue weighted by Gasteiger charge is -2.26. The summed E-state index contributed by atoms with van der Waals surface area (Å²) in [6.07, 6.45) is 1.22. The van der Waals surface area contributed by atoms with Crippen LogP contribution in [0.15, 0.2) is 0 Å². The van der Waals surface area contributed by atoms with Crippen molar-refractivity contribution in [3.8, 4) is 0 Å². The summed E-state index contributed by atoms with van der Waals surface area (Å²) in [5, 5.41) is 12.8. The van der Waals surface area contributed by atoms with Crippen molar-refractivity contribution in [2.45, 2.75) is 38.4 Å². The number of rotatable bonds is 6. The Kier molecular flexibility index (Phi) is 5.18. The van der Waals surface area contributed by atoms with E-state index in [0.717, 1.165) is 6.42 Å². The molecule has 0 aromatic rings. The van der Waals surface area contributed by atoms with Crippen LogP contribution < -0.4 is 5.32 Å². The monoisotopic (exact) mass is 231 g/mol. The molecule has 0 aromatic heterocycles. The zero-order valence-corrected chi connectivity index (χ0v) is 9.99. The second-order valence-corrected chi connectivity index (χ2v) is 4.20. The van der Waals surface area contributed by atoms with Crippen molar-refractivity contribution in [3.63, 3.8) is 0 Å². The van der Waals surface area contributed by atoms with Gasteiger partial charge in [0, 0.05) is 26.2 Å². The first-order chi connectivity index (χ1) is 7.58. The van der Waals surface area contributed by atoms with E-state index in [4.69, 9.17) is 9.47 Å².